The summed E-state index contributed by atoms with van der Waals surface area (Å²) < 4.78 is 0. The summed E-state index contributed by atoms with van der Waals surface area (Å²) in [6.45, 7) is 10.1. The van der Waals surface area contributed by atoms with Crippen LogP contribution in [0.2, 0.25) is 0 Å². The number of rotatable bonds is 12. The van der Waals surface area contributed by atoms with Crippen LogP contribution in [0.5, 0.6) is 0 Å². The Balaban J connectivity index is 1.62. The zero-order valence-electron chi connectivity index (χ0n) is 18.6. The molecule has 152 valence electrons. The van der Waals surface area contributed by atoms with Crippen molar-refractivity contribution in [2.24, 2.45) is 40.9 Å². The van der Waals surface area contributed by atoms with E-state index in [2.05, 4.69) is 27.7 Å². The standard InChI is InChI=1S/C26H48/c1-5-9-22-13-14-23(22)15-16-24(19-26(4)17-8-18-26)25(10-6-2)20(3)21-11-7-12-21/h20-25H,5-19H2,1-4H3. The van der Waals surface area contributed by atoms with E-state index in [0.29, 0.717) is 5.41 Å². The fraction of sp³-hybridized carbons (Fsp3) is 1.00. The predicted molar refractivity (Wildman–Crippen MR) is 115 cm³/mol. The average molecular weight is 361 g/mol. The van der Waals surface area contributed by atoms with Gasteiger partial charge in [-0.1, -0.05) is 79.1 Å². The second-order valence-corrected chi connectivity index (χ2v) is 11.1. The van der Waals surface area contributed by atoms with Crippen LogP contribution in [0.4, 0.5) is 0 Å². The average Bonchev–Trinajstić information content (AvgIpc) is 2.52. The molecule has 0 aromatic rings. The molecule has 0 spiro atoms. The summed E-state index contributed by atoms with van der Waals surface area (Å²) >= 11 is 0. The Morgan fingerprint density at radius 2 is 1.54 bits per heavy atom. The summed E-state index contributed by atoms with van der Waals surface area (Å²) in [6.07, 6.45) is 22.7. The topological polar surface area (TPSA) is 0 Å². The first-order valence-electron chi connectivity index (χ1n) is 12.6. The molecule has 3 aliphatic rings. The van der Waals surface area contributed by atoms with Gasteiger partial charge in [-0.3, -0.25) is 0 Å². The molecule has 0 radical (unpaired) electrons. The van der Waals surface area contributed by atoms with Crippen molar-refractivity contribution in [3.63, 3.8) is 0 Å². The molecule has 0 aromatic heterocycles. The van der Waals surface area contributed by atoms with Gasteiger partial charge in [0, 0.05) is 0 Å². The third kappa shape index (κ3) is 4.88. The third-order valence-electron chi connectivity index (χ3n) is 9.25. The van der Waals surface area contributed by atoms with Gasteiger partial charge in [-0.2, -0.15) is 0 Å². The minimum absolute atomic E-state index is 0.707. The molecular weight excluding hydrogens is 312 g/mol. The van der Waals surface area contributed by atoms with Crippen LogP contribution in [0.1, 0.15) is 124 Å². The quantitative estimate of drug-likeness (QED) is 0.326. The first-order valence-corrected chi connectivity index (χ1v) is 12.6. The first kappa shape index (κ1) is 20.7. The Kier molecular flexibility index (Phi) is 7.55. The van der Waals surface area contributed by atoms with Gasteiger partial charge < -0.3 is 0 Å². The molecule has 0 nitrogen and oxygen atoms in total. The van der Waals surface area contributed by atoms with Crippen molar-refractivity contribution >= 4 is 0 Å². The maximum Gasteiger partial charge on any atom is -0.0323 e. The summed E-state index contributed by atoms with van der Waals surface area (Å²) in [4.78, 5) is 0. The summed E-state index contributed by atoms with van der Waals surface area (Å²) in [5.74, 6) is 6.29. The van der Waals surface area contributed by atoms with Gasteiger partial charge in [-0.15, -0.1) is 0 Å². The van der Waals surface area contributed by atoms with E-state index in [4.69, 9.17) is 0 Å². The fourth-order valence-corrected chi connectivity index (χ4v) is 6.86. The highest BCUT2D eigenvalue weighted by Crippen LogP contribution is 2.52. The Morgan fingerprint density at radius 3 is 2.00 bits per heavy atom. The highest BCUT2D eigenvalue weighted by Gasteiger charge is 2.40. The smallest absolute Gasteiger partial charge is 0.0323 e. The Hall–Kier alpha value is 0. The van der Waals surface area contributed by atoms with Crippen LogP contribution >= 0.6 is 0 Å². The van der Waals surface area contributed by atoms with Gasteiger partial charge in [0.1, 0.15) is 0 Å². The maximum atomic E-state index is 2.64. The van der Waals surface area contributed by atoms with Crippen LogP contribution in [0.3, 0.4) is 0 Å². The summed E-state index contributed by atoms with van der Waals surface area (Å²) in [6, 6.07) is 0. The summed E-state index contributed by atoms with van der Waals surface area (Å²) in [5, 5.41) is 0. The molecule has 0 bridgehead atoms. The van der Waals surface area contributed by atoms with E-state index < -0.39 is 0 Å². The molecule has 0 N–H and O–H groups in total. The normalized spacial score (nSPS) is 31.4. The minimum Gasteiger partial charge on any atom is -0.0654 e. The molecule has 0 aliphatic heterocycles. The zero-order chi connectivity index (χ0) is 18.6. The zero-order valence-corrected chi connectivity index (χ0v) is 18.6. The maximum absolute atomic E-state index is 2.64. The van der Waals surface area contributed by atoms with Gasteiger partial charge >= 0.3 is 0 Å². The monoisotopic (exact) mass is 360 g/mol. The van der Waals surface area contributed by atoms with E-state index in [1.807, 2.05) is 0 Å². The van der Waals surface area contributed by atoms with Crippen molar-refractivity contribution < 1.29 is 0 Å². The molecular formula is C26H48. The molecule has 5 atom stereocenters. The van der Waals surface area contributed by atoms with Crippen molar-refractivity contribution in [1.29, 1.82) is 0 Å². The van der Waals surface area contributed by atoms with E-state index in [1.165, 1.54) is 70.6 Å². The second kappa shape index (κ2) is 9.47. The number of hydrogen-bond donors (Lipinski definition) is 0. The van der Waals surface area contributed by atoms with E-state index in [1.54, 1.807) is 25.7 Å². The number of hydrogen-bond acceptors (Lipinski definition) is 0. The van der Waals surface area contributed by atoms with E-state index in [0.717, 1.165) is 35.5 Å². The van der Waals surface area contributed by atoms with Crippen LogP contribution in [0, 0.1) is 40.9 Å². The Morgan fingerprint density at radius 1 is 0.846 bits per heavy atom. The first-order chi connectivity index (χ1) is 12.6. The largest absolute Gasteiger partial charge is 0.0654 e. The molecule has 3 aliphatic carbocycles. The molecule has 0 saturated heterocycles. The van der Waals surface area contributed by atoms with Gasteiger partial charge in [0.05, 0.1) is 0 Å². The van der Waals surface area contributed by atoms with Crippen molar-refractivity contribution in [2.45, 2.75) is 124 Å². The van der Waals surface area contributed by atoms with Gasteiger partial charge in [-0.05, 0) is 85.9 Å². The lowest BCUT2D eigenvalue weighted by Crippen LogP contribution is -2.36. The molecule has 5 unspecified atom stereocenters. The molecule has 3 rings (SSSR count). The van der Waals surface area contributed by atoms with Gasteiger partial charge in [0.2, 0.25) is 0 Å². The lowest BCUT2D eigenvalue weighted by molar-refractivity contribution is 0.0377. The van der Waals surface area contributed by atoms with Crippen LogP contribution in [-0.2, 0) is 0 Å². The third-order valence-corrected chi connectivity index (χ3v) is 9.25. The minimum atomic E-state index is 0.707. The second-order valence-electron chi connectivity index (χ2n) is 11.1. The molecule has 0 heterocycles. The van der Waals surface area contributed by atoms with Crippen molar-refractivity contribution in [1.82, 2.24) is 0 Å². The molecule has 26 heavy (non-hydrogen) atoms. The predicted octanol–water partition coefficient (Wildman–Crippen LogP) is 8.64. The Bertz CT molecular complexity index is 402. The van der Waals surface area contributed by atoms with Gasteiger partial charge in [0.15, 0.2) is 0 Å². The van der Waals surface area contributed by atoms with Crippen LogP contribution in [0.15, 0.2) is 0 Å². The summed E-state index contributed by atoms with van der Waals surface area (Å²) in [7, 11) is 0. The highest BCUT2D eigenvalue weighted by molar-refractivity contribution is 4.91. The van der Waals surface area contributed by atoms with Crippen molar-refractivity contribution in [2.75, 3.05) is 0 Å². The van der Waals surface area contributed by atoms with E-state index in [-0.39, 0.29) is 0 Å². The summed E-state index contributed by atoms with van der Waals surface area (Å²) in [5.41, 5.74) is 0.707. The SMILES string of the molecule is CCCC1CCC1CCC(CC1(C)CCC1)C(CCC)C(C)C1CCC1. The van der Waals surface area contributed by atoms with Crippen LogP contribution in [0.25, 0.3) is 0 Å². The van der Waals surface area contributed by atoms with E-state index >= 15 is 0 Å². The van der Waals surface area contributed by atoms with Crippen molar-refractivity contribution in [3.05, 3.63) is 0 Å². The van der Waals surface area contributed by atoms with Gasteiger partial charge in [-0.25, -0.2) is 0 Å². The van der Waals surface area contributed by atoms with Crippen LogP contribution in [-0.4, -0.2) is 0 Å². The van der Waals surface area contributed by atoms with E-state index in [9.17, 15) is 0 Å². The highest BCUT2D eigenvalue weighted by atomic mass is 14.5. The molecule has 3 fully saturated rings. The lowest BCUT2D eigenvalue weighted by atomic mass is 9.58. The lowest BCUT2D eigenvalue weighted by Gasteiger charge is -2.47. The molecule has 3 saturated carbocycles. The molecule has 0 heteroatoms. The van der Waals surface area contributed by atoms with Crippen LogP contribution < -0.4 is 0 Å². The van der Waals surface area contributed by atoms with Gasteiger partial charge in [0.25, 0.3) is 0 Å². The molecule has 0 aromatic carbocycles. The molecule has 0 amide bonds. The fourth-order valence-electron chi connectivity index (χ4n) is 6.86. The van der Waals surface area contributed by atoms with Crippen molar-refractivity contribution in [3.8, 4) is 0 Å². The Labute approximate surface area is 165 Å².